The molecule has 7 atom stereocenters. The lowest BCUT2D eigenvalue weighted by atomic mass is 9.51. The average molecular weight is 470 g/mol. The van der Waals surface area contributed by atoms with Crippen molar-refractivity contribution in [1.82, 2.24) is 15.6 Å². The Bertz CT molecular complexity index is 951. The molecule has 2 aromatic rings. The third-order valence-electron chi connectivity index (χ3n) is 8.17. The van der Waals surface area contributed by atoms with Gasteiger partial charge in [-0.2, -0.15) is 0 Å². The first kappa shape index (κ1) is 23.9. The summed E-state index contributed by atoms with van der Waals surface area (Å²) in [6.45, 7) is 6.88. The van der Waals surface area contributed by atoms with E-state index in [0.717, 1.165) is 30.6 Å². The Hall–Kier alpha value is -2.25. The molecule has 7 unspecified atom stereocenters. The minimum atomic E-state index is -0.573. The topological polar surface area (TPSA) is 91.3 Å². The lowest BCUT2D eigenvalue weighted by Gasteiger charge is -2.56. The second kappa shape index (κ2) is 9.94. The van der Waals surface area contributed by atoms with Gasteiger partial charge >= 0.3 is 0 Å². The molecule has 178 valence electrons. The van der Waals surface area contributed by atoms with Crippen LogP contribution in [-0.4, -0.2) is 34.1 Å². The second-order valence-corrected chi connectivity index (χ2v) is 11.2. The molecule has 2 fully saturated rings. The number of pyridine rings is 1. The number of nitrogens with zero attached hydrogens (tertiary/aromatic N) is 1. The number of amides is 2. The molecule has 2 aromatic heterocycles. The molecule has 6 nitrogen and oxygen atoms in total. The van der Waals surface area contributed by atoms with Gasteiger partial charge in [-0.05, 0) is 72.4 Å². The number of carbonyl (C=O) groups excluding carboxylic acids is 2. The van der Waals surface area contributed by atoms with E-state index in [9.17, 15) is 14.7 Å². The maximum absolute atomic E-state index is 12.9. The Balaban J connectivity index is 1.43. The van der Waals surface area contributed by atoms with Crippen molar-refractivity contribution in [3.8, 4) is 0 Å². The summed E-state index contributed by atoms with van der Waals surface area (Å²) in [6.07, 6.45) is 4.73. The molecule has 3 N–H and O–H groups in total. The molecular weight excluding hydrogens is 434 g/mol. The first-order valence-electron chi connectivity index (χ1n) is 12.0. The van der Waals surface area contributed by atoms with Gasteiger partial charge in [-0.3, -0.25) is 14.6 Å². The number of nitrogens with one attached hydrogen (secondary N) is 2. The number of hydrogen-bond donors (Lipinski definition) is 3. The predicted octanol–water partition coefficient (Wildman–Crippen LogP) is 4.02. The molecule has 33 heavy (non-hydrogen) atoms. The highest BCUT2D eigenvalue weighted by Gasteiger charge is 2.53. The van der Waals surface area contributed by atoms with Gasteiger partial charge < -0.3 is 15.7 Å². The third kappa shape index (κ3) is 4.99. The molecule has 7 heteroatoms. The molecule has 0 spiro atoms. The fraction of sp³-hybridized carbons (Fsp3) is 0.577. The van der Waals surface area contributed by atoms with Crippen molar-refractivity contribution in [1.29, 1.82) is 0 Å². The summed E-state index contributed by atoms with van der Waals surface area (Å²) in [5.41, 5.74) is 0.436. The average Bonchev–Trinajstić information content (AvgIpc) is 3.33. The first-order valence-corrected chi connectivity index (χ1v) is 12.9. The highest BCUT2D eigenvalue weighted by molar-refractivity contribution is 7.09. The van der Waals surface area contributed by atoms with Crippen LogP contribution in [0.1, 0.15) is 61.8 Å². The lowest BCUT2D eigenvalue weighted by molar-refractivity contribution is -0.142. The summed E-state index contributed by atoms with van der Waals surface area (Å²) in [7, 11) is 0. The molecule has 2 heterocycles. The van der Waals surface area contributed by atoms with Crippen LogP contribution in [-0.2, 0) is 11.3 Å². The Morgan fingerprint density at radius 3 is 2.73 bits per heavy atom. The minimum Gasteiger partial charge on any atom is -0.392 e. The van der Waals surface area contributed by atoms with Crippen molar-refractivity contribution < 1.29 is 14.7 Å². The van der Waals surface area contributed by atoms with Gasteiger partial charge in [0.2, 0.25) is 5.91 Å². The molecule has 0 radical (unpaired) electrons. The fourth-order valence-corrected chi connectivity index (χ4v) is 6.82. The molecule has 0 bridgehead atoms. The summed E-state index contributed by atoms with van der Waals surface area (Å²) in [5, 5.41) is 19.8. The fourth-order valence-electron chi connectivity index (χ4n) is 6.18. The van der Waals surface area contributed by atoms with Gasteiger partial charge in [-0.25, -0.2) is 0 Å². The monoisotopic (exact) mass is 469 g/mol. The summed E-state index contributed by atoms with van der Waals surface area (Å²) in [6, 6.07) is 9.29. The van der Waals surface area contributed by atoms with Gasteiger partial charge in [-0.1, -0.05) is 32.9 Å². The Morgan fingerprint density at radius 2 is 2.03 bits per heavy atom. The highest BCUT2D eigenvalue weighted by atomic mass is 32.1. The van der Waals surface area contributed by atoms with E-state index in [4.69, 9.17) is 0 Å². The molecule has 2 aliphatic carbocycles. The van der Waals surface area contributed by atoms with Crippen LogP contribution < -0.4 is 10.6 Å². The Labute approximate surface area is 200 Å². The predicted molar refractivity (Wildman–Crippen MR) is 130 cm³/mol. The molecule has 2 saturated carbocycles. The minimum absolute atomic E-state index is 0.000444. The number of aliphatic hydroxyl groups is 1. The highest BCUT2D eigenvalue weighted by Crippen LogP contribution is 2.55. The summed E-state index contributed by atoms with van der Waals surface area (Å²) < 4.78 is 0. The molecule has 2 aliphatic rings. The van der Waals surface area contributed by atoms with Gasteiger partial charge in [0.25, 0.3) is 5.91 Å². The number of aromatic nitrogens is 1. The maximum atomic E-state index is 12.9. The van der Waals surface area contributed by atoms with Crippen molar-refractivity contribution in [2.75, 3.05) is 0 Å². The molecule has 2 amide bonds. The van der Waals surface area contributed by atoms with E-state index in [2.05, 4.69) is 29.5 Å². The van der Waals surface area contributed by atoms with Crippen LogP contribution in [0.4, 0.5) is 0 Å². The SMILES string of the molecule is CC(C(=O)NCc1cccs1)C1CCC2(C)CCC(NC(=O)c3ccccn3)C(C)C2C1O. The number of fused-ring (bicyclic) bond motifs is 1. The molecule has 0 aliphatic heterocycles. The first-order chi connectivity index (χ1) is 15.8. The Morgan fingerprint density at radius 1 is 1.24 bits per heavy atom. The van der Waals surface area contributed by atoms with E-state index in [-0.39, 0.29) is 46.9 Å². The van der Waals surface area contributed by atoms with Crippen LogP contribution in [0, 0.1) is 29.1 Å². The number of rotatable bonds is 6. The van der Waals surface area contributed by atoms with Crippen LogP contribution >= 0.6 is 11.3 Å². The maximum Gasteiger partial charge on any atom is 0.270 e. The van der Waals surface area contributed by atoms with Crippen LogP contribution in [0.3, 0.4) is 0 Å². The number of thiophene rings is 1. The lowest BCUT2D eigenvalue weighted by Crippen LogP contribution is -2.58. The number of hydrogen-bond acceptors (Lipinski definition) is 5. The number of carbonyl (C=O) groups is 2. The zero-order valence-electron chi connectivity index (χ0n) is 19.7. The molecule has 0 aromatic carbocycles. The van der Waals surface area contributed by atoms with E-state index >= 15 is 0 Å². The summed E-state index contributed by atoms with van der Waals surface area (Å²) in [5.74, 6) is -0.375. The zero-order valence-corrected chi connectivity index (χ0v) is 20.5. The van der Waals surface area contributed by atoms with E-state index < -0.39 is 6.10 Å². The van der Waals surface area contributed by atoms with E-state index in [1.807, 2.05) is 30.5 Å². The van der Waals surface area contributed by atoms with Crippen LogP contribution in [0.2, 0.25) is 0 Å². The van der Waals surface area contributed by atoms with Crippen molar-refractivity contribution in [2.24, 2.45) is 29.1 Å². The molecule has 0 saturated heterocycles. The smallest absolute Gasteiger partial charge is 0.270 e. The summed E-state index contributed by atoms with van der Waals surface area (Å²) in [4.78, 5) is 30.9. The van der Waals surface area contributed by atoms with Crippen molar-refractivity contribution in [3.63, 3.8) is 0 Å². The van der Waals surface area contributed by atoms with E-state index in [1.54, 1.807) is 29.7 Å². The standard InChI is InChI=1S/C26H35N3O3S/c1-16(24(31)28-15-18-7-6-14-33-18)19-9-11-26(3)12-10-20(17(2)22(26)23(19)30)29-25(32)21-8-4-5-13-27-21/h4-8,13-14,16-17,19-20,22-23,30H,9-12,15H2,1-3H3,(H,28,31)(H,29,32). The van der Waals surface area contributed by atoms with Crippen LogP contribution in [0.5, 0.6) is 0 Å². The van der Waals surface area contributed by atoms with Gasteiger partial charge in [0.05, 0.1) is 12.6 Å². The quantitative estimate of drug-likeness (QED) is 0.596. The van der Waals surface area contributed by atoms with Crippen molar-refractivity contribution >= 4 is 23.2 Å². The van der Waals surface area contributed by atoms with Gasteiger partial charge in [0, 0.05) is 23.0 Å². The van der Waals surface area contributed by atoms with E-state index in [0.29, 0.717) is 12.2 Å². The number of aliphatic hydroxyl groups excluding tert-OH is 1. The second-order valence-electron chi connectivity index (χ2n) is 10.2. The largest absolute Gasteiger partial charge is 0.392 e. The zero-order chi connectivity index (χ0) is 23.6. The van der Waals surface area contributed by atoms with Crippen molar-refractivity contribution in [2.45, 2.75) is 65.1 Å². The van der Waals surface area contributed by atoms with Crippen LogP contribution in [0.25, 0.3) is 0 Å². The van der Waals surface area contributed by atoms with E-state index in [1.165, 1.54) is 0 Å². The molecular formula is C26H35N3O3S. The molecule has 4 rings (SSSR count). The van der Waals surface area contributed by atoms with Crippen LogP contribution in [0.15, 0.2) is 41.9 Å². The van der Waals surface area contributed by atoms with Crippen molar-refractivity contribution in [3.05, 3.63) is 52.5 Å². The van der Waals surface area contributed by atoms with Gasteiger partial charge in [-0.15, -0.1) is 11.3 Å². The van der Waals surface area contributed by atoms with Gasteiger partial charge in [0.1, 0.15) is 5.69 Å². The Kier molecular flexibility index (Phi) is 7.19. The summed E-state index contributed by atoms with van der Waals surface area (Å²) >= 11 is 1.63. The third-order valence-corrected chi connectivity index (χ3v) is 9.05. The van der Waals surface area contributed by atoms with Gasteiger partial charge in [0.15, 0.2) is 0 Å². The normalized spacial score (nSPS) is 32.4.